The lowest BCUT2D eigenvalue weighted by atomic mass is 9.78. The predicted octanol–water partition coefficient (Wildman–Crippen LogP) is 2.88. The van der Waals surface area contributed by atoms with Crippen LogP contribution in [0.5, 0.6) is 5.75 Å². The first kappa shape index (κ1) is 17.3. The van der Waals surface area contributed by atoms with E-state index < -0.39 is 12.1 Å². The summed E-state index contributed by atoms with van der Waals surface area (Å²) in [6.07, 6.45) is 2.42. The highest BCUT2D eigenvalue weighted by Gasteiger charge is 2.30. The third kappa shape index (κ3) is 4.47. The summed E-state index contributed by atoms with van der Waals surface area (Å²) in [5, 5.41) is 12.2. The van der Waals surface area contributed by atoms with Crippen molar-refractivity contribution >= 4 is 11.9 Å². The van der Waals surface area contributed by atoms with Gasteiger partial charge in [0.05, 0.1) is 5.56 Å². The van der Waals surface area contributed by atoms with E-state index in [1.807, 2.05) is 0 Å². The molecule has 1 aliphatic rings. The van der Waals surface area contributed by atoms with Gasteiger partial charge < -0.3 is 15.2 Å². The van der Waals surface area contributed by atoms with Crippen molar-refractivity contribution in [1.29, 1.82) is 0 Å². The molecular weight excluding hydrogens is 294 g/mol. The average molecular weight is 319 g/mol. The second kappa shape index (κ2) is 7.49. The van der Waals surface area contributed by atoms with Gasteiger partial charge in [0.1, 0.15) is 5.75 Å². The standard InChI is InChI=1S/C18H25NO4/c1-11-5-4-6-16(12(11)2)19-17(21)13(3)23-18(22)14-7-9-15(20)10-8-14/h7-13,16,20H,4-6H2,1-3H3,(H,19,21)/t11-,12-,13-,16+/m1/s1. The van der Waals surface area contributed by atoms with Gasteiger partial charge in [0.2, 0.25) is 0 Å². The Balaban J connectivity index is 1.89. The fourth-order valence-electron chi connectivity index (χ4n) is 2.97. The maximum atomic E-state index is 12.3. The van der Waals surface area contributed by atoms with E-state index >= 15 is 0 Å². The molecule has 23 heavy (non-hydrogen) atoms. The predicted molar refractivity (Wildman–Crippen MR) is 87.1 cm³/mol. The highest BCUT2D eigenvalue weighted by Crippen LogP contribution is 2.29. The SMILES string of the molecule is C[C@@H]1[C@H](C)CCC[C@@H]1NC(=O)[C@@H](C)OC(=O)c1ccc(O)cc1. The van der Waals surface area contributed by atoms with Crippen molar-refractivity contribution in [3.63, 3.8) is 0 Å². The first-order chi connectivity index (χ1) is 10.9. The molecule has 2 rings (SSSR count). The zero-order chi connectivity index (χ0) is 17.0. The Morgan fingerprint density at radius 3 is 2.52 bits per heavy atom. The number of benzene rings is 1. The lowest BCUT2D eigenvalue weighted by Crippen LogP contribution is -2.47. The number of phenolic OH excluding ortho intramolecular Hbond substituents is 1. The molecule has 1 aromatic rings. The second-order valence-corrected chi connectivity index (χ2v) is 6.48. The maximum Gasteiger partial charge on any atom is 0.338 e. The summed E-state index contributed by atoms with van der Waals surface area (Å²) < 4.78 is 5.21. The van der Waals surface area contributed by atoms with Crippen LogP contribution in [-0.4, -0.2) is 29.1 Å². The Hall–Kier alpha value is -2.04. The highest BCUT2D eigenvalue weighted by molar-refractivity contribution is 5.92. The van der Waals surface area contributed by atoms with Crippen molar-refractivity contribution in [2.45, 2.75) is 52.2 Å². The molecule has 0 heterocycles. The summed E-state index contributed by atoms with van der Waals surface area (Å²) in [6.45, 7) is 5.93. The zero-order valence-corrected chi connectivity index (χ0v) is 13.9. The van der Waals surface area contributed by atoms with E-state index in [9.17, 15) is 14.7 Å². The summed E-state index contributed by atoms with van der Waals surface area (Å²) in [4.78, 5) is 24.3. The lowest BCUT2D eigenvalue weighted by molar-refractivity contribution is -0.130. The van der Waals surface area contributed by atoms with E-state index in [2.05, 4.69) is 19.2 Å². The molecule has 5 nitrogen and oxygen atoms in total. The Kier molecular flexibility index (Phi) is 5.64. The van der Waals surface area contributed by atoms with Crippen LogP contribution in [0.2, 0.25) is 0 Å². The fraction of sp³-hybridized carbons (Fsp3) is 0.556. The molecule has 0 aliphatic heterocycles. The second-order valence-electron chi connectivity index (χ2n) is 6.48. The molecule has 1 saturated carbocycles. The van der Waals surface area contributed by atoms with Crippen molar-refractivity contribution in [1.82, 2.24) is 5.32 Å². The summed E-state index contributed by atoms with van der Waals surface area (Å²) in [7, 11) is 0. The van der Waals surface area contributed by atoms with Gasteiger partial charge in [-0.25, -0.2) is 4.79 Å². The molecule has 0 bridgehead atoms. The molecule has 4 atom stereocenters. The maximum absolute atomic E-state index is 12.3. The van der Waals surface area contributed by atoms with Gasteiger partial charge in [-0.2, -0.15) is 0 Å². The van der Waals surface area contributed by atoms with Crippen molar-refractivity contribution < 1.29 is 19.4 Å². The lowest BCUT2D eigenvalue weighted by Gasteiger charge is -2.35. The van der Waals surface area contributed by atoms with Crippen LogP contribution in [0.25, 0.3) is 0 Å². The number of rotatable bonds is 4. The number of carbonyl (C=O) groups excluding carboxylic acids is 2. The Bertz CT molecular complexity index is 555. The molecule has 1 aliphatic carbocycles. The summed E-state index contributed by atoms with van der Waals surface area (Å²) in [5.74, 6) is 0.255. The zero-order valence-electron chi connectivity index (χ0n) is 13.9. The topological polar surface area (TPSA) is 75.6 Å². The van der Waals surface area contributed by atoms with Gasteiger partial charge >= 0.3 is 5.97 Å². The van der Waals surface area contributed by atoms with Gasteiger partial charge in [-0.05, 0) is 49.4 Å². The van der Waals surface area contributed by atoms with Crippen LogP contribution in [0.1, 0.15) is 50.4 Å². The van der Waals surface area contributed by atoms with Crippen LogP contribution >= 0.6 is 0 Å². The summed E-state index contributed by atoms with van der Waals surface area (Å²) in [6, 6.07) is 5.89. The smallest absolute Gasteiger partial charge is 0.338 e. The van der Waals surface area contributed by atoms with Gasteiger partial charge in [0.25, 0.3) is 5.91 Å². The minimum absolute atomic E-state index is 0.0766. The number of ether oxygens (including phenoxy) is 1. The van der Waals surface area contributed by atoms with Crippen LogP contribution in [0.3, 0.4) is 0 Å². The van der Waals surface area contributed by atoms with Gasteiger partial charge in [-0.1, -0.05) is 26.7 Å². The van der Waals surface area contributed by atoms with Crippen LogP contribution in [0, 0.1) is 11.8 Å². The van der Waals surface area contributed by atoms with Crippen LogP contribution < -0.4 is 5.32 Å². The van der Waals surface area contributed by atoms with Gasteiger partial charge in [-0.3, -0.25) is 4.79 Å². The fourth-order valence-corrected chi connectivity index (χ4v) is 2.97. The van der Waals surface area contributed by atoms with E-state index in [1.165, 1.54) is 30.7 Å². The Morgan fingerprint density at radius 2 is 1.87 bits per heavy atom. The Labute approximate surface area is 137 Å². The first-order valence-electron chi connectivity index (χ1n) is 8.19. The van der Waals surface area contributed by atoms with Crippen molar-refractivity contribution in [3.05, 3.63) is 29.8 Å². The molecule has 1 aromatic carbocycles. The van der Waals surface area contributed by atoms with Crippen LogP contribution in [0.15, 0.2) is 24.3 Å². The third-order valence-electron chi connectivity index (χ3n) is 4.79. The minimum atomic E-state index is -0.847. The molecule has 126 valence electrons. The van der Waals surface area contributed by atoms with Gasteiger partial charge in [0, 0.05) is 6.04 Å². The molecule has 2 N–H and O–H groups in total. The number of hydrogen-bond acceptors (Lipinski definition) is 4. The molecule has 1 fully saturated rings. The number of esters is 1. The molecule has 1 amide bonds. The Morgan fingerprint density at radius 1 is 1.22 bits per heavy atom. The molecule has 5 heteroatoms. The minimum Gasteiger partial charge on any atom is -0.508 e. The van der Waals surface area contributed by atoms with E-state index in [4.69, 9.17) is 4.74 Å². The molecule has 0 aromatic heterocycles. The molecule has 0 spiro atoms. The number of aromatic hydroxyl groups is 1. The van der Waals surface area contributed by atoms with Crippen LogP contribution in [0.4, 0.5) is 0 Å². The molecule has 0 unspecified atom stereocenters. The molecule has 0 saturated heterocycles. The van der Waals surface area contributed by atoms with Crippen molar-refractivity contribution in [3.8, 4) is 5.75 Å². The monoisotopic (exact) mass is 319 g/mol. The summed E-state index contributed by atoms with van der Waals surface area (Å²) >= 11 is 0. The molecular formula is C18H25NO4. The normalized spacial score (nSPS) is 25.4. The summed E-state index contributed by atoms with van der Waals surface area (Å²) in [5.41, 5.74) is 0.308. The van der Waals surface area contributed by atoms with Crippen molar-refractivity contribution in [2.75, 3.05) is 0 Å². The average Bonchev–Trinajstić information content (AvgIpc) is 2.52. The van der Waals surface area contributed by atoms with E-state index in [-0.39, 0.29) is 17.7 Å². The number of hydrogen-bond donors (Lipinski definition) is 2. The van der Waals surface area contributed by atoms with E-state index in [0.717, 1.165) is 12.8 Å². The highest BCUT2D eigenvalue weighted by atomic mass is 16.5. The van der Waals surface area contributed by atoms with Crippen LogP contribution in [-0.2, 0) is 9.53 Å². The third-order valence-corrected chi connectivity index (χ3v) is 4.79. The number of nitrogens with one attached hydrogen (secondary N) is 1. The quantitative estimate of drug-likeness (QED) is 0.837. The van der Waals surface area contributed by atoms with Crippen molar-refractivity contribution in [2.24, 2.45) is 11.8 Å². The van der Waals surface area contributed by atoms with E-state index in [0.29, 0.717) is 17.4 Å². The largest absolute Gasteiger partial charge is 0.508 e. The number of carbonyl (C=O) groups is 2. The first-order valence-corrected chi connectivity index (χ1v) is 8.19. The number of phenols is 1. The van der Waals surface area contributed by atoms with E-state index in [1.54, 1.807) is 6.92 Å². The van der Waals surface area contributed by atoms with Gasteiger partial charge in [0.15, 0.2) is 6.10 Å². The number of amides is 1. The molecule has 0 radical (unpaired) electrons. The van der Waals surface area contributed by atoms with Gasteiger partial charge in [-0.15, -0.1) is 0 Å².